The Bertz CT molecular complexity index is 1140. The third-order valence-electron chi connectivity index (χ3n) is 4.11. The Balaban J connectivity index is 1.67. The number of anilines is 2. The van der Waals surface area contributed by atoms with E-state index >= 15 is 0 Å². The number of rotatable bonds is 7. The van der Waals surface area contributed by atoms with Crippen LogP contribution in [0, 0.1) is 5.82 Å². The molecule has 0 aliphatic heterocycles. The molecule has 0 amide bonds. The molecule has 6 nitrogen and oxygen atoms in total. The average Bonchev–Trinajstić information content (AvgIpc) is 3.11. The van der Waals surface area contributed by atoms with E-state index in [0.29, 0.717) is 29.3 Å². The topological polar surface area (TPSA) is 74.5 Å². The highest BCUT2D eigenvalue weighted by Gasteiger charge is 2.14. The number of aliphatic hydroxyl groups is 1. The fourth-order valence-electron chi connectivity index (χ4n) is 2.77. The zero-order valence-electron chi connectivity index (χ0n) is 15.1. The summed E-state index contributed by atoms with van der Waals surface area (Å²) in [5.74, 6) is 0.334. The zero-order valence-corrected chi connectivity index (χ0v) is 17.5. The van der Waals surface area contributed by atoms with Gasteiger partial charge in [-0.1, -0.05) is 12.1 Å². The number of benzene rings is 2. The third-order valence-corrected chi connectivity index (χ3v) is 5.52. The Labute approximate surface area is 179 Å². The first kappa shape index (κ1) is 19.8. The average molecular weight is 474 g/mol. The first-order valence-corrected chi connectivity index (χ1v) is 10.4. The molecule has 0 saturated carbocycles. The van der Waals surface area contributed by atoms with Crippen molar-refractivity contribution in [2.45, 2.75) is 4.90 Å². The number of aromatic nitrogens is 3. The lowest BCUT2D eigenvalue weighted by molar-refractivity contribution is 0.302. The Morgan fingerprint density at radius 3 is 2.69 bits per heavy atom. The molecule has 0 atom stereocenters. The Kier molecular flexibility index (Phi) is 6.10. The summed E-state index contributed by atoms with van der Waals surface area (Å²) in [6, 6.07) is 16.1. The Morgan fingerprint density at radius 2 is 1.93 bits per heavy atom. The number of aliphatic hydroxyl groups excluding tert-OH is 1. The minimum Gasteiger partial charge on any atom is -0.395 e. The van der Waals surface area contributed by atoms with Gasteiger partial charge in [-0.05, 0) is 64.3 Å². The van der Waals surface area contributed by atoms with E-state index in [1.165, 1.54) is 18.0 Å². The van der Waals surface area contributed by atoms with Crippen molar-refractivity contribution in [2.75, 3.05) is 18.5 Å². The maximum absolute atomic E-state index is 14.3. The maximum Gasteiger partial charge on any atom is 0.172 e. The molecule has 4 rings (SSSR count). The van der Waals surface area contributed by atoms with Crippen LogP contribution in [0.4, 0.5) is 15.9 Å². The van der Waals surface area contributed by atoms with Gasteiger partial charge in [0.15, 0.2) is 5.65 Å². The van der Waals surface area contributed by atoms with Gasteiger partial charge >= 0.3 is 0 Å². The van der Waals surface area contributed by atoms with Crippen molar-refractivity contribution in [3.63, 3.8) is 0 Å². The molecule has 0 aliphatic carbocycles. The minimum atomic E-state index is -0.331. The van der Waals surface area contributed by atoms with Crippen molar-refractivity contribution >= 4 is 45.0 Å². The highest BCUT2D eigenvalue weighted by molar-refractivity contribution is 9.10. The molecular formula is C20H17BrFN5OS. The summed E-state index contributed by atoms with van der Waals surface area (Å²) in [7, 11) is 0. The maximum atomic E-state index is 14.3. The lowest BCUT2D eigenvalue weighted by Gasteiger charge is -2.12. The molecule has 29 heavy (non-hydrogen) atoms. The van der Waals surface area contributed by atoms with Gasteiger partial charge in [-0.3, -0.25) is 4.72 Å². The minimum absolute atomic E-state index is 0.0917. The second-order valence-electron chi connectivity index (χ2n) is 6.10. The zero-order chi connectivity index (χ0) is 20.2. The third kappa shape index (κ3) is 4.43. The molecule has 2 aromatic heterocycles. The molecule has 0 aliphatic rings. The molecule has 0 saturated heterocycles. The molecule has 0 unspecified atom stereocenters. The van der Waals surface area contributed by atoms with Crippen molar-refractivity contribution in [3.8, 4) is 11.3 Å². The second-order valence-corrected chi connectivity index (χ2v) is 7.92. The quantitative estimate of drug-likeness (QED) is 0.268. The predicted octanol–water partition coefficient (Wildman–Crippen LogP) is 4.63. The fourth-order valence-corrected chi connectivity index (χ4v) is 3.75. The summed E-state index contributed by atoms with van der Waals surface area (Å²) < 4.78 is 19.8. The van der Waals surface area contributed by atoms with Crippen LogP contribution >= 0.6 is 27.9 Å². The summed E-state index contributed by atoms with van der Waals surface area (Å²) >= 11 is 4.91. The van der Waals surface area contributed by atoms with Crippen LogP contribution in [-0.4, -0.2) is 32.9 Å². The SMILES string of the molecule is OCCNSc1ccc(Nc2cc(-c3ccccc3F)nc3c(Br)cnn23)cc1. The summed E-state index contributed by atoms with van der Waals surface area (Å²) in [4.78, 5) is 5.59. The highest BCUT2D eigenvalue weighted by Crippen LogP contribution is 2.29. The second kappa shape index (κ2) is 8.91. The van der Waals surface area contributed by atoms with Gasteiger partial charge in [-0.2, -0.15) is 9.61 Å². The lowest BCUT2D eigenvalue weighted by Crippen LogP contribution is -2.08. The van der Waals surface area contributed by atoms with E-state index in [1.807, 2.05) is 24.3 Å². The van der Waals surface area contributed by atoms with Gasteiger partial charge in [0.25, 0.3) is 0 Å². The van der Waals surface area contributed by atoms with Gasteiger partial charge in [0.1, 0.15) is 11.6 Å². The van der Waals surface area contributed by atoms with E-state index in [0.717, 1.165) is 15.1 Å². The predicted molar refractivity (Wildman–Crippen MR) is 117 cm³/mol. The molecule has 9 heteroatoms. The standard InChI is InChI=1S/C20H17BrFN5OS/c21-16-12-23-27-19(25-13-5-7-14(8-6-13)29-24-9-10-28)11-18(26-20(16)27)15-3-1-2-4-17(15)22/h1-8,11-12,24-25,28H,9-10H2. The first-order chi connectivity index (χ1) is 14.2. The largest absolute Gasteiger partial charge is 0.395 e. The van der Waals surface area contributed by atoms with E-state index in [4.69, 9.17) is 5.11 Å². The molecule has 2 aromatic carbocycles. The van der Waals surface area contributed by atoms with Crippen molar-refractivity contribution in [1.82, 2.24) is 19.3 Å². The summed E-state index contributed by atoms with van der Waals surface area (Å²) in [6.45, 7) is 0.612. The van der Waals surface area contributed by atoms with E-state index in [-0.39, 0.29) is 12.4 Å². The first-order valence-electron chi connectivity index (χ1n) is 8.82. The van der Waals surface area contributed by atoms with Crippen LogP contribution in [0.5, 0.6) is 0 Å². The molecule has 0 bridgehead atoms. The number of nitrogens with zero attached hydrogens (tertiary/aromatic N) is 3. The van der Waals surface area contributed by atoms with Crippen LogP contribution in [0.3, 0.4) is 0 Å². The van der Waals surface area contributed by atoms with Gasteiger partial charge < -0.3 is 10.4 Å². The van der Waals surface area contributed by atoms with Crippen molar-refractivity contribution in [1.29, 1.82) is 0 Å². The fraction of sp³-hybridized carbons (Fsp3) is 0.100. The van der Waals surface area contributed by atoms with Gasteiger partial charge in [0.2, 0.25) is 0 Å². The molecule has 0 radical (unpaired) electrons. The van der Waals surface area contributed by atoms with Crippen LogP contribution in [0.15, 0.2) is 70.2 Å². The van der Waals surface area contributed by atoms with Gasteiger partial charge in [-0.25, -0.2) is 9.37 Å². The van der Waals surface area contributed by atoms with E-state index in [1.54, 1.807) is 35.0 Å². The number of nitrogens with one attached hydrogen (secondary N) is 2. The molecule has 4 aromatic rings. The van der Waals surface area contributed by atoms with Crippen LogP contribution < -0.4 is 10.0 Å². The van der Waals surface area contributed by atoms with Gasteiger partial charge in [-0.15, -0.1) is 0 Å². The molecule has 2 heterocycles. The number of hydrogen-bond donors (Lipinski definition) is 3. The van der Waals surface area contributed by atoms with Crippen molar-refractivity contribution in [3.05, 3.63) is 71.1 Å². The summed E-state index contributed by atoms with van der Waals surface area (Å²) in [6.07, 6.45) is 1.66. The smallest absolute Gasteiger partial charge is 0.172 e. The molecule has 0 spiro atoms. The normalized spacial score (nSPS) is 11.1. The van der Waals surface area contributed by atoms with E-state index < -0.39 is 0 Å². The van der Waals surface area contributed by atoms with E-state index in [2.05, 4.69) is 36.1 Å². The number of halogens is 2. The van der Waals surface area contributed by atoms with Crippen LogP contribution in [0.25, 0.3) is 16.9 Å². The van der Waals surface area contributed by atoms with E-state index in [9.17, 15) is 4.39 Å². The molecule has 3 N–H and O–H groups in total. The number of hydrogen-bond acceptors (Lipinski definition) is 6. The molecule has 0 fully saturated rings. The number of fused-ring (bicyclic) bond motifs is 1. The van der Waals surface area contributed by atoms with Crippen LogP contribution in [0.2, 0.25) is 0 Å². The summed E-state index contributed by atoms with van der Waals surface area (Å²) in [5.41, 5.74) is 2.39. The van der Waals surface area contributed by atoms with Gasteiger partial charge in [0, 0.05) is 28.8 Å². The Morgan fingerprint density at radius 1 is 1.14 bits per heavy atom. The van der Waals surface area contributed by atoms with Crippen LogP contribution in [0.1, 0.15) is 0 Å². The molecular weight excluding hydrogens is 457 g/mol. The summed E-state index contributed by atoms with van der Waals surface area (Å²) in [5, 5.41) is 16.5. The monoisotopic (exact) mass is 473 g/mol. The Hall–Kier alpha value is -2.46. The van der Waals surface area contributed by atoms with Crippen molar-refractivity contribution < 1.29 is 9.50 Å². The lowest BCUT2D eigenvalue weighted by atomic mass is 10.1. The molecule has 148 valence electrons. The van der Waals surface area contributed by atoms with Gasteiger partial charge in [0.05, 0.1) is 23.0 Å². The highest BCUT2D eigenvalue weighted by atomic mass is 79.9. The van der Waals surface area contributed by atoms with Crippen molar-refractivity contribution in [2.24, 2.45) is 0 Å². The van der Waals surface area contributed by atoms with Crippen LogP contribution in [-0.2, 0) is 0 Å².